The largest absolute Gasteiger partial charge is 0.478 e. The van der Waals surface area contributed by atoms with Crippen LogP contribution in [0.3, 0.4) is 0 Å². The maximum atomic E-state index is 12.1. The topological polar surface area (TPSA) is 75.6 Å². The van der Waals surface area contributed by atoms with Crippen molar-refractivity contribution in [2.45, 2.75) is 33.8 Å². The smallest absolute Gasteiger partial charge is 0.335 e. The Morgan fingerprint density at radius 3 is 2.45 bits per heavy atom. The minimum Gasteiger partial charge on any atom is -0.478 e. The minimum absolute atomic E-state index is 0.129. The van der Waals surface area contributed by atoms with Gasteiger partial charge >= 0.3 is 5.97 Å². The summed E-state index contributed by atoms with van der Waals surface area (Å²) in [6.07, 6.45) is 0.697. The normalized spacial score (nSPS) is 11.2. The third-order valence-corrected chi connectivity index (χ3v) is 3.31. The lowest BCUT2D eigenvalue weighted by Gasteiger charge is -2.21. The lowest BCUT2D eigenvalue weighted by Crippen LogP contribution is -2.30. The highest BCUT2D eigenvalue weighted by Crippen LogP contribution is 2.23. The molecule has 0 radical (unpaired) electrons. The molecule has 0 heterocycles. The fourth-order valence-electron chi connectivity index (χ4n) is 1.60. The Bertz CT molecular complexity index is 509. The van der Waals surface area contributed by atoms with E-state index in [1.807, 2.05) is 20.8 Å². The van der Waals surface area contributed by atoms with Crippen LogP contribution in [0, 0.1) is 5.41 Å². The number of benzene rings is 1. The van der Waals surface area contributed by atoms with E-state index in [4.69, 9.17) is 9.84 Å². The van der Waals surface area contributed by atoms with Gasteiger partial charge in [0, 0.05) is 18.2 Å². The number of hydrogen-bond donors (Lipinski definition) is 2. The summed E-state index contributed by atoms with van der Waals surface area (Å²) in [5, 5.41) is 11.9. The number of amides is 1. The van der Waals surface area contributed by atoms with Crippen molar-refractivity contribution in [3.05, 3.63) is 29.3 Å². The molecule has 0 spiro atoms. The lowest BCUT2D eigenvalue weighted by molar-refractivity contribution is -0.124. The van der Waals surface area contributed by atoms with E-state index in [0.29, 0.717) is 24.3 Å². The van der Waals surface area contributed by atoms with E-state index in [0.717, 1.165) is 0 Å². The number of rotatable bonds is 6. The van der Waals surface area contributed by atoms with Gasteiger partial charge in [-0.25, -0.2) is 4.79 Å². The van der Waals surface area contributed by atoms with Crippen molar-refractivity contribution in [1.82, 2.24) is 0 Å². The van der Waals surface area contributed by atoms with Crippen molar-refractivity contribution >= 4 is 17.6 Å². The van der Waals surface area contributed by atoms with Gasteiger partial charge in [-0.2, -0.15) is 0 Å². The Morgan fingerprint density at radius 1 is 1.30 bits per heavy atom. The predicted octanol–water partition coefficient (Wildman–Crippen LogP) is 2.91. The molecular weight excluding hydrogens is 258 g/mol. The van der Waals surface area contributed by atoms with Gasteiger partial charge in [-0.15, -0.1) is 0 Å². The third-order valence-electron chi connectivity index (χ3n) is 3.31. The zero-order valence-corrected chi connectivity index (χ0v) is 12.3. The van der Waals surface area contributed by atoms with Crippen LogP contribution in [-0.4, -0.2) is 24.1 Å². The molecule has 20 heavy (non-hydrogen) atoms. The van der Waals surface area contributed by atoms with Crippen LogP contribution in [0.15, 0.2) is 18.2 Å². The number of aromatic carboxylic acids is 1. The van der Waals surface area contributed by atoms with E-state index < -0.39 is 11.4 Å². The van der Waals surface area contributed by atoms with Crippen molar-refractivity contribution in [3.8, 4) is 0 Å². The highest BCUT2D eigenvalue weighted by molar-refractivity contribution is 5.96. The number of ether oxygens (including phenoxy) is 1. The number of carboxylic acids is 1. The first-order valence-electron chi connectivity index (χ1n) is 6.48. The van der Waals surface area contributed by atoms with Crippen LogP contribution in [0.5, 0.6) is 0 Å². The summed E-state index contributed by atoms with van der Waals surface area (Å²) < 4.78 is 5.01. The van der Waals surface area contributed by atoms with Gasteiger partial charge in [0.25, 0.3) is 0 Å². The van der Waals surface area contributed by atoms with Crippen molar-refractivity contribution in [3.63, 3.8) is 0 Å². The van der Waals surface area contributed by atoms with Crippen LogP contribution in [0.2, 0.25) is 0 Å². The molecule has 1 aromatic rings. The van der Waals surface area contributed by atoms with Crippen molar-refractivity contribution in [2.75, 3.05) is 12.4 Å². The Labute approximate surface area is 118 Å². The van der Waals surface area contributed by atoms with Gasteiger partial charge in [0.2, 0.25) is 5.91 Å². The summed E-state index contributed by atoms with van der Waals surface area (Å²) in [6, 6.07) is 4.71. The molecular formula is C15H21NO4. The predicted molar refractivity (Wildman–Crippen MR) is 76.8 cm³/mol. The molecule has 110 valence electrons. The van der Waals surface area contributed by atoms with E-state index in [9.17, 15) is 9.59 Å². The average molecular weight is 279 g/mol. The summed E-state index contributed by atoms with van der Waals surface area (Å²) in [5.74, 6) is -1.17. The molecule has 1 rings (SSSR count). The molecule has 0 aliphatic heterocycles. The van der Waals surface area contributed by atoms with E-state index >= 15 is 0 Å². The average Bonchev–Trinajstić information content (AvgIpc) is 2.38. The van der Waals surface area contributed by atoms with Crippen LogP contribution in [0.25, 0.3) is 0 Å². The zero-order valence-electron chi connectivity index (χ0n) is 12.3. The standard InChI is InChI=1S/C15H21NO4/c1-5-15(2,3)14(19)16-12-7-10(9-20-4)6-11(8-12)13(17)18/h6-8H,5,9H2,1-4H3,(H,16,19)(H,17,18). The maximum Gasteiger partial charge on any atom is 0.335 e. The van der Waals surface area contributed by atoms with Crippen LogP contribution < -0.4 is 5.32 Å². The van der Waals surface area contributed by atoms with Gasteiger partial charge in [0.15, 0.2) is 0 Å². The third kappa shape index (κ3) is 4.06. The van der Waals surface area contributed by atoms with Gasteiger partial charge in [-0.1, -0.05) is 20.8 Å². The molecule has 0 saturated heterocycles. The molecule has 1 amide bonds. The number of carbonyl (C=O) groups is 2. The Kier molecular flexibility index (Phi) is 5.27. The number of nitrogens with one attached hydrogen (secondary N) is 1. The van der Waals surface area contributed by atoms with Gasteiger partial charge in [0.1, 0.15) is 0 Å². The van der Waals surface area contributed by atoms with Crippen molar-refractivity contribution in [2.24, 2.45) is 5.41 Å². The monoisotopic (exact) mass is 279 g/mol. The van der Waals surface area contributed by atoms with Crippen LogP contribution in [-0.2, 0) is 16.1 Å². The highest BCUT2D eigenvalue weighted by Gasteiger charge is 2.25. The molecule has 0 aromatic heterocycles. The van der Waals surface area contributed by atoms with Gasteiger partial charge in [-0.05, 0) is 30.2 Å². The summed E-state index contributed by atoms with van der Waals surface area (Å²) in [5.41, 5.74) is 0.810. The number of carbonyl (C=O) groups excluding carboxylic acids is 1. The highest BCUT2D eigenvalue weighted by atomic mass is 16.5. The summed E-state index contributed by atoms with van der Waals surface area (Å²) in [4.78, 5) is 23.2. The molecule has 0 atom stereocenters. The SMILES string of the molecule is CCC(C)(C)C(=O)Nc1cc(COC)cc(C(=O)O)c1. The zero-order chi connectivity index (χ0) is 15.3. The van der Waals surface area contributed by atoms with E-state index in [1.165, 1.54) is 19.2 Å². The second-order valence-corrected chi connectivity index (χ2v) is 5.35. The number of carboxylic acid groups (broad SMARTS) is 1. The fourth-order valence-corrected chi connectivity index (χ4v) is 1.60. The fraction of sp³-hybridized carbons (Fsp3) is 0.467. The van der Waals surface area contributed by atoms with Gasteiger partial charge < -0.3 is 15.2 Å². The second-order valence-electron chi connectivity index (χ2n) is 5.35. The molecule has 5 heteroatoms. The van der Waals surface area contributed by atoms with Gasteiger partial charge in [0.05, 0.1) is 12.2 Å². The number of anilines is 1. The molecule has 5 nitrogen and oxygen atoms in total. The summed E-state index contributed by atoms with van der Waals surface area (Å²) in [7, 11) is 1.53. The van der Waals surface area contributed by atoms with Crippen molar-refractivity contribution in [1.29, 1.82) is 0 Å². The first kappa shape index (κ1) is 16.2. The van der Waals surface area contributed by atoms with Crippen LogP contribution in [0.4, 0.5) is 5.69 Å². The van der Waals surface area contributed by atoms with E-state index in [1.54, 1.807) is 6.07 Å². The Morgan fingerprint density at radius 2 is 1.95 bits per heavy atom. The molecule has 0 aliphatic carbocycles. The second kappa shape index (κ2) is 6.52. The molecule has 0 unspecified atom stereocenters. The molecule has 1 aromatic carbocycles. The lowest BCUT2D eigenvalue weighted by atomic mass is 9.89. The first-order chi connectivity index (χ1) is 9.30. The Hall–Kier alpha value is -1.88. The molecule has 0 aliphatic rings. The number of methoxy groups -OCH3 is 1. The van der Waals surface area contributed by atoms with E-state index in [-0.39, 0.29) is 11.5 Å². The molecule has 0 bridgehead atoms. The molecule has 2 N–H and O–H groups in total. The minimum atomic E-state index is -1.03. The van der Waals surface area contributed by atoms with Gasteiger partial charge in [-0.3, -0.25) is 4.79 Å². The molecule has 0 fully saturated rings. The number of hydrogen-bond acceptors (Lipinski definition) is 3. The first-order valence-corrected chi connectivity index (χ1v) is 6.48. The van der Waals surface area contributed by atoms with E-state index in [2.05, 4.69) is 5.32 Å². The summed E-state index contributed by atoms with van der Waals surface area (Å²) >= 11 is 0. The molecule has 0 saturated carbocycles. The van der Waals surface area contributed by atoms with Crippen LogP contribution >= 0.6 is 0 Å². The van der Waals surface area contributed by atoms with Crippen LogP contribution in [0.1, 0.15) is 43.1 Å². The Balaban J connectivity index is 3.05. The quantitative estimate of drug-likeness (QED) is 0.839. The summed E-state index contributed by atoms with van der Waals surface area (Å²) in [6.45, 7) is 5.92. The maximum absolute atomic E-state index is 12.1. The van der Waals surface area contributed by atoms with Crippen molar-refractivity contribution < 1.29 is 19.4 Å².